The number of hydrogen-bond acceptors (Lipinski definition) is 4. The topological polar surface area (TPSA) is 103 Å². The van der Waals surface area contributed by atoms with E-state index in [1.54, 1.807) is 6.07 Å². The van der Waals surface area contributed by atoms with E-state index >= 15 is 0 Å². The van der Waals surface area contributed by atoms with Gasteiger partial charge in [-0.1, -0.05) is 0 Å². The lowest BCUT2D eigenvalue weighted by atomic mass is 10.2. The number of hydrogen-bond donors (Lipinski definition) is 3. The Hall–Kier alpha value is -2.02. The molecule has 7 heteroatoms. The summed E-state index contributed by atoms with van der Waals surface area (Å²) in [5.41, 5.74) is 0.788. The fourth-order valence-corrected chi connectivity index (χ4v) is 1.36. The van der Waals surface area contributed by atoms with Crippen molar-refractivity contribution in [2.45, 2.75) is 25.6 Å². The number of furan rings is 1. The molecule has 1 rings (SSSR count). The number of carbonyl (C=O) groups is 2. The fourth-order valence-electron chi connectivity index (χ4n) is 1.36. The molecule has 0 aliphatic carbocycles. The second-order valence-electron chi connectivity index (χ2n) is 3.99. The van der Waals surface area contributed by atoms with Crippen molar-refractivity contribution < 1.29 is 24.2 Å². The van der Waals surface area contributed by atoms with Crippen molar-refractivity contribution >= 4 is 12.0 Å². The molecule has 0 unspecified atom stereocenters. The smallest absolute Gasteiger partial charge is 0.328 e. The molecule has 7 nitrogen and oxygen atoms in total. The molecule has 1 heterocycles. The first-order chi connectivity index (χ1) is 8.41. The molecule has 0 aliphatic rings. The van der Waals surface area contributed by atoms with E-state index in [-0.39, 0.29) is 6.54 Å². The van der Waals surface area contributed by atoms with Crippen molar-refractivity contribution in [1.29, 1.82) is 0 Å². The molecule has 2 atom stereocenters. The van der Waals surface area contributed by atoms with Crippen LogP contribution in [-0.2, 0) is 11.3 Å². The van der Waals surface area contributed by atoms with Crippen LogP contribution in [0.4, 0.5) is 4.79 Å². The number of rotatable bonds is 5. The number of carbonyl (C=O) groups excluding carboxylic acids is 1. The predicted molar refractivity (Wildman–Crippen MR) is 61.8 cm³/mol. The standard InChI is InChI=1S/C11H16N2O5/c1-7(14)9(10(15)16)12-11(17)13(2)5-8-3-4-18-6-8/h3-4,6-7,9,14H,5H2,1-2H3,(H,12,17)(H,15,16)/t7-,9+/m1/s1. The maximum Gasteiger partial charge on any atom is 0.328 e. The Morgan fingerprint density at radius 1 is 1.56 bits per heavy atom. The van der Waals surface area contributed by atoms with E-state index in [0.717, 1.165) is 5.56 Å². The van der Waals surface area contributed by atoms with Gasteiger partial charge in [0.1, 0.15) is 0 Å². The Morgan fingerprint density at radius 3 is 2.67 bits per heavy atom. The van der Waals surface area contributed by atoms with Gasteiger partial charge in [0.05, 0.1) is 25.2 Å². The van der Waals surface area contributed by atoms with Crippen molar-refractivity contribution in [2.75, 3.05) is 7.05 Å². The molecule has 2 amide bonds. The minimum atomic E-state index is -1.33. The molecule has 18 heavy (non-hydrogen) atoms. The highest BCUT2D eigenvalue weighted by Crippen LogP contribution is 2.04. The zero-order valence-electron chi connectivity index (χ0n) is 10.2. The summed E-state index contributed by atoms with van der Waals surface area (Å²) in [5.74, 6) is -1.28. The highest BCUT2D eigenvalue weighted by molar-refractivity contribution is 5.82. The lowest BCUT2D eigenvalue weighted by Gasteiger charge is -2.22. The Kier molecular flexibility index (Phi) is 4.73. The van der Waals surface area contributed by atoms with Crippen LogP contribution in [0.25, 0.3) is 0 Å². The van der Waals surface area contributed by atoms with Gasteiger partial charge in [-0.2, -0.15) is 0 Å². The Labute approximate surface area is 104 Å². The van der Waals surface area contributed by atoms with Gasteiger partial charge in [0.15, 0.2) is 6.04 Å². The van der Waals surface area contributed by atoms with Crippen molar-refractivity contribution in [3.05, 3.63) is 24.2 Å². The summed E-state index contributed by atoms with van der Waals surface area (Å²) < 4.78 is 4.86. The normalized spacial score (nSPS) is 13.7. The number of carboxylic acid groups (broad SMARTS) is 1. The Balaban J connectivity index is 2.56. The van der Waals surface area contributed by atoms with Gasteiger partial charge in [-0.25, -0.2) is 9.59 Å². The fraction of sp³-hybridized carbons (Fsp3) is 0.455. The maximum absolute atomic E-state index is 11.7. The van der Waals surface area contributed by atoms with Gasteiger partial charge in [0.25, 0.3) is 0 Å². The van der Waals surface area contributed by atoms with Gasteiger partial charge in [-0.15, -0.1) is 0 Å². The highest BCUT2D eigenvalue weighted by Gasteiger charge is 2.26. The van der Waals surface area contributed by atoms with E-state index in [2.05, 4.69) is 5.32 Å². The largest absolute Gasteiger partial charge is 0.480 e. The van der Waals surface area contributed by atoms with Crippen LogP contribution in [0.3, 0.4) is 0 Å². The van der Waals surface area contributed by atoms with Crippen LogP contribution in [0, 0.1) is 0 Å². The third kappa shape index (κ3) is 3.77. The molecule has 100 valence electrons. The molecule has 0 radical (unpaired) electrons. The summed E-state index contributed by atoms with van der Waals surface area (Å²) >= 11 is 0. The van der Waals surface area contributed by atoms with Crippen molar-refractivity contribution in [2.24, 2.45) is 0 Å². The zero-order valence-corrected chi connectivity index (χ0v) is 10.2. The number of carboxylic acids is 1. The van der Waals surface area contributed by atoms with E-state index in [1.807, 2.05) is 0 Å². The van der Waals surface area contributed by atoms with Gasteiger partial charge in [0, 0.05) is 12.6 Å². The first-order valence-corrected chi connectivity index (χ1v) is 5.35. The van der Waals surface area contributed by atoms with Crippen molar-refractivity contribution in [3.8, 4) is 0 Å². The molecule has 3 N–H and O–H groups in total. The van der Waals surface area contributed by atoms with Gasteiger partial charge < -0.3 is 24.8 Å². The average molecular weight is 256 g/mol. The number of aliphatic hydroxyl groups is 1. The monoisotopic (exact) mass is 256 g/mol. The lowest BCUT2D eigenvalue weighted by molar-refractivity contribution is -0.141. The third-order valence-corrected chi connectivity index (χ3v) is 2.37. The summed E-state index contributed by atoms with van der Waals surface area (Å²) in [6.07, 6.45) is 1.80. The predicted octanol–water partition coefficient (Wildman–Crippen LogP) is 0.255. The quantitative estimate of drug-likeness (QED) is 0.701. The summed E-state index contributed by atoms with van der Waals surface area (Å²) in [7, 11) is 1.52. The second-order valence-corrected chi connectivity index (χ2v) is 3.99. The van der Waals surface area contributed by atoms with Gasteiger partial charge in [0.2, 0.25) is 0 Å². The summed E-state index contributed by atoms with van der Waals surface area (Å²) in [6.45, 7) is 1.59. The van der Waals surface area contributed by atoms with Crippen LogP contribution in [0.15, 0.2) is 23.0 Å². The lowest BCUT2D eigenvalue weighted by Crippen LogP contribution is -2.51. The van der Waals surface area contributed by atoms with Crippen molar-refractivity contribution in [1.82, 2.24) is 10.2 Å². The number of nitrogens with zero attached hydrogens (tertiary/aromatic N) is 1. The first-order valence-electron chi connectivity index (χ1n) is 5.35. The van der Waals surface area contributed by atoms with Crippen LogP contribution in [0.1, 0.15) is 12.5 Å². The summed E-state index contributed by atoms with van der Waals surface area (Å²) in [4.78, 5) is 23.8. The molecule has 0 aliphatic heterocycles. The summed E-state index contributed by atoms with van der Waals surface area (Å²) in [5, 5.41) is 20.3. The van der Waals surface area contributed by atoms with Crippen LogP contribution in [0.2, 0.25) is 0 Å². The first kappa shape index (κ1) is 14.0. The number of urea groups is 1. The van der Waals surface area contributed by atoms with E-state index in [0.29, 0.717) is 0 Å². The maximum atomic E-state index is 11.7. The van der Waals surface area contributed by atoms with E-state index in [4.69, 9.17) is 9.52 Å². The van der Waals surface area contributed by atoms with Gasteiger partial charge >= 0.3 is 12.0 Å². The molecule has 1 aromatic rings. The number of aliphatic carboxylic acids is 1. The highest BCUT2D eigenvalue weighted by atomic mass is 16.4. The molecule has 0 saturated heterocycles. The summed E-state index contributed by atoms with van der Waals surface area (Å²) in [6, 6.07) is -0.207. The minimum Gasteiger partial charge on any atom is -0.480 e. The molecule has 0 aromatic carbocycles. The molecule has 0 fully saturated rings. The van der Waals surface area contributed by atoms with E-state index in [1.165, 1.54) is 31.4 Å². The number of amides is 2. The van der Waals surface area contributed by atoms with Crippen LogP contribution in [0.5, 0.6) is 0 Å². The SMILES string of the molecule is C[C@@H](O)[C@H](NC(=O)N(C)Cc1ccoc1)C(=O)O. The zero-order chi connectivity index (χ0) is 13.7. The van der Waals surface area contributed by atoms with E-state index in [9.17, 15) is 14.7 Å². The van der Waals surface area contributed by atoms with E-state index < -0.39 is 24.1 Å². The van der Waals surface area contributed by atoms with Crippen LogP contribution >= 0.6 is 0 Å². The third-order valence-electron chi connectivity index (χ3n) is 2.37. The Morgan fingerprint density at radius 2 is 2.22 bits per heavy atom. The second kappa shape index (κ2) is 6.06. The molecular formula is C11H16N2O5. The van der Waals surface area contributed by atoms with Crippen LogP contribution < -0.4 is 5.32 Å². The van der Waals surface area contributed by atoms with Crippen molar-refractivity contribution in [3.63, 3.8) is 0 Å². The minimum absolute atomic E-state index is 0.286. The molecular weight excluding hydrogens is 240 g/mol. The average Bonchev–Trinajstić information content (AvgIpc) is 2.77. The molecule has 0 bridgehead atoms. The Bertz CT molecular complexity index is 402. The van der Waals surface area contributed by atoms with Gasteiger partial charge in [-0.3, -0.25) is 0 Å². The van der Waals surface area contributed by atoms with Crippen LogP contribution in [-0.4, -0.2) is 46.3 Å². The number of nitrogens with one attached hydrogen (secondary N) is 1. The molecule has 0 spiro atoms. The molecule has 0 saturated carbocycles. The van der Waals surface area contributed by atoms with Gasteiger partial charge in [-0.05, 0) is 13.0 Å². The number of aliphatic hydroxyl groups excluding tert-OH is 1. The molecule has 1 aromatic heterocycles.